The van der Waals surface area contributed by atoms with Crippen molar-refractivity contribution in [3.8, 4) is 11.5 Å². The number of nitrogens with zero attached hydrogens (tertiary/aromatic N) is 1. The molecule has 1 amide bonds. The molecule has 5 heteroatoms. The molecule has 0 atom stereocenters. The standard InChI is InChI=1S/C20H20N2O3/c1-24-15-7-8-18-17(11-15)16-9-10-22(12-19(16)21-18)20(23)13-25-14-5-3-2-4-6-14/h2-8,11,21H,9-10,12-13H2,1H3. The number of hydrogen-bond acceptors (Lipinski definition) is 3. The molecule has 2 heterocycles. The van der Waals surface area contributed by atoms with Crippen LogP contribution >= 0.6 is 0 Å². The predicted molar refractivity (Wildman–Crippen MR) is 95.9 cm³/mol. The monoisotopic (exact) mass is 336 g/mol. The molecule has 0 radical (unpaired) electrons. The fourth-order valence-corrected chi connectivity index (χ4v) is 3.31. The zero-order valence-electron chi connectivity index (χ0n) is 14.1. The molecule has 0 saturated heterocycles. The van der Waals surface area contributed by atoms with Crippen LogP contribution in [0.15, 0.2) is 48.5 Å². The van der Waals surface area contributed by atoms with Gasteiger partial charge in [0.05, 0.1) is 13.7 Å². The number of benzene rings is 2. The molecule has 0 bridgehead atoms. The Morgan fingerprint density at radius 2 is 2.00 bits per heavy atom. The van der Waals surface area contributed by atoms with Gasteiger partial charge in [-0.2, -0.15) is 0 Å². The van der Waals surface area contributed by atoms with Crippen molar-refractivity contribution in [2.75, 3.05) is 20.3 Å². The van der Waals surface area contributed by atoms with Crippen molar-refractivity contribution in [1.29, 1.82) is 0 Å². The van der Waals surface area contributed by atoms with E-state index in [-0.39, 0.29) is 12.5 Å². The highest BCUT2D eigenvalue weighted by molar-refractivity contribution is 5.87. The largest absolute Gasteiger partial charge is 0.497 e. The van der Waals surface area contributed by atoms with Gasteiger partial charge in [-0.05, 0) is 42.3 Å². The number of ether oxygens (including phenoxy) is 2. The molecular weight excluding hydrogens is 316 g/mol. The van der Waals surface area contributed by atoms with Crippen molar-refractivity contribution in [3.05, 3.63) is 59.8 Å². The number of aromatic amines is 1. The molecule has 3 aromatic rings. The first-order chi connectivity index (χ1) is 12.2. The summed E-state index contributed by atoms with van der Waals surface area (Å²) in [5, 5.41) is 1.18. The third-order valence-corrected chi connectivity index (χ3v) is 4.64. The molecule has 5 nitrogen and oxygen atoms in total. The molecular formula is C20H20N2O3. The summed E-state index contributed by atoms with van der Waals surface area (Å²) in [6, 6.07) is 15.4. The highest BCUT2D eigenvalue weighted by Gasteiger charge is 2.24. The molecule has 128 valence electrons. The molecule has 1 N–H and O–H groups in total. The molecule has 4 rings (SSSR count). The van der Waals surface area contributed by atoms with Crippen LogP contribution in [0.1, 0.15) is 11.3 Å². The van der Waals surface area contributed by atoms with Crippen molar-refractivity contribution < 1.29 is 14.3 Å². The van der Waals surface area contributed by atoms with E-state index >= 15 is 0 Å². The van der Waals surface area contributed by atoms with Crippen LogP contribution in [-0.4, -0.2) is 36.1 Å². The van der Waals surface area contributed by atoms with E-state index in [2.05, 4.69) is 11.1 Å². The molecule has 1 aliphatic heterocycles. The smallest absolute Gasteiger partial charge is 0.260 e. The van der Waals surface area contributed by atoms with Crippen molar-refractivity contribution in [1.82, 2.24) is 9.88 Å². The molecule has 1 aromatic heterocycles. The van der Waals surface area contributed by atoms with E-state index in [0.717, 1.165) is 23.4 Å². The molecule has 0 unspecified atom stereocenters. The first-order valence-electron chi connectivity index (χ1n) is 8.37. The lowest BCUT2D eigenvalue weighted by molar-refractivity contribution is -0.134. The van der Waals surface area contributed by atoms with Gasteiger partial charge in [-0.3, -0.25) is 4.79 Å². The number of carbonyl (C=O) groups excluding carboxylic acids is 1. The molecule has 0 saturated carbocycles. The van der Waals surface area contributed by atoms with E-state index in [1.54, 1.807) is 7.11 Å². The summed E-state index contributed by atoms with van der Waals surface area (Å²) in [7, 11) is 1.67. The summed E-state index contributed by atoms with van der Waals surface area (Å²) in [5.41, 5.74) is 3.46. The number of rotatable bonds is 4. The van der Waals surface area contributed by atoms with Gasteiger partial charge in [0.25, 0.3) is 5.91 Å². The van der Waals surface area contributed by atoms with Gasteiger partial charge < -0.3 is 19.4 Å². The van der Waals surface area contributed by atoms with E-state index in [4.69, 9.17) is 9.47 Å². The van der Waals surface area contributed by atoms with Crippen molar-refractivity contribution in [2.24, 2.45) is 0 Å². The number of para-hydroxylation sites is 1. The van der Waals surface area contributed by atoms with Gasteiger partial charge >= 0.3 is 0 Å². The van der Waals surface area contributed by atoms with E-state index < -0.39 is 0 Å². The molecule has 0 spiro atoms. The van der Waals surface area contributed by atoms with Crippen molar-refractivity contribution >= 4 is 16.8 Å². The van der Waals surface area contributed by atoms with Gasteiger partial charge in [0.1, 0.15) is 11.5 Å². The van der Waals surface area contributed by atoms with Crippen LogP contribution in [0, 0.1) is 0 Å². The van der Waals surface area contributed by atoms with Crippen LogP contribution in [0.3, 0.4) is 0 Å². The minimum atomic E-state index is 0.00531. The average Bonchev–Trinajstić information content (AvgIpc) is 3.03. The molecule has 2 aromatic carbocycles. The maximum absolute atomic E-state index is 12.5. The molecule has 1 aliphatic rings. The Hall–Kier alpha value is -2.95. The molecule has 0 aliphatic carbocycles. The summed E-state index contributed by atoms with van der Waals surface area (Å²) in [4.78, 5) is 17.7. The van der Waals surface area contributed by atoms with Gasteiger partial charge in [0.15, 0.2) is 6.61 Å². The normalized spacial score (nSPS) is 13.6. The van der Waals surface area contributed by atoms with Crippen molar-refractivity contribution in [3.63, 3.8) is 0 Å². The lowest BCUT2D eigenvalue weighted by atomic mass is 10.0. The highest BCUT2D eigenvalue weighted by atomic mass is 16.5. The lowest BCUT2D eigenvalue weighted by Gasteiger charge is -2.27. The summed E-state index contributed by atoms with van der Waals surface area (Å²) in [5.74, 6) is 1.57. The van der Waals surface area contributed by atoms with Gasteiger partial charge in [0, 0.05) is 23.1 Å². The fourth-order valence-electron chi connectivity index (χ4n) is 3.31. The average molecular weight is 336 g/mol. The minimum absolute atomic E-state index is 0.00531. The Balaban J connectivity index is 1.48. The Morgan fingerprint density at radius 1 is 1.16 bits per heavy atom. The van der Waals surface area contributed by atoms with Crippen LogP contribution in [0.5, 0.6) is 11.5 Å². The second-order valence-electron chi connectivity index (χ2n) is 6.16. The SMILES string of the molecule is COc1ccc2[nH]c3c(c2c1)CCN(C(=O)COc1ccccc1)C3. The number of methoxy groups -OCH3 is 1. The quantitative estimate of drug-likeness (QED) is 0.796. The van der Waals surface area contributed by atoms with Crippen LogP contribution in [0.25, 0.3) is 10.9 Å². The lowest BCUT2D eigenvalue weighted by Crippen LogP contribution is -2.38. The topological polar surface area (TPSA) is 54.6 Å². The Bertz CT molecular complexity index is 902. The van der Waals surface area contributed by atoms with Gasteiger partial charge in [-0.1, -0.05) is 18.2 Å². The number of nitrogens with one attached hydrogen (secondary N) is 1. The first kappa shape index (κ1) is 15.6. The highest BCUT2D eigenvalue weighted by Crippen LogP contribution is 2.30. The van der Waals surface area contributed by atoms with Crippen LogP contribution in [-0.2, 0) is 17.8 Å². The Morgan fingerprint density at radius 3 is 2.80 bits per heavy atom. The molecule has 0 fully saturated rings. The summed E-state index contributed by atoms with van der Waals surface area (Å²) < 4.78 is 10.9. The second-order valence-corrected chi connectivity index (χ2v) is 6.16. The van der Waals surface area contributed by atoms with Crippen LogP contribution in [0.4, 0.5) is 0 Å². The number of H-pyrrole nitrogens is 1. The summed E-state index contributed by atoms with van der Waals surface area (Å²) in [6.45, 7) is 1.35. The zero-order valence-corrected chi connectivity index (χ0v) is 14.1. The van der Waals surface area contributed by atoms with Gasteiger partial charge in [-0.15, -0.1) is 0 Å². The summed E-state index contributed by atoms with van der Waals surface area (Å²) in [6.07, 6.45) is 0.833. The van der Waals surface area contributed by atoms with E-state index in [1.165, 1.54) is 10.9 Å². The maximum atomic E-state index is 12.5. The number of amides is 1. The van der Waals surface area contributed by atoms with Crippen LogP contribution in [0.2, 0.25) is 0 Å². The van der Waals surface area contributed by atoms with Crippen molar-refractivity contribution in [2.45, 2.75) is 13.0 Å². The Labute approximate surface area is 146 Å². The Kier molecular flexibility index (Phi) is 4.06. The van der Waals surface area contributed by atoms with E-state index in [0.29, 0.717) is 18.8 Å². The van der Waals surface area contributed by atoms with Gasteiger partial charge in [-0.25, -0.2) is 0 Å². The van der Waals surface area contributed by atoms with Gasteiger partial charge in [0.2, 0.25) is 0 Å². The number of carbonyl (C=O) groups is 1. The van der Waals surface area contributed by atoms with E-state index in [1.807, 2.05) is 47.4 Å². The predicted octanol–water partition coefficient (Wildman–Crippen LogP) is 3.14. The number of aromatic nitrogens is 1. The first-order valence-corrected chi connectivity index (χ1v) is 8.37. The maximum Gasteiger partial charge on any atom is 0.260 e. The fraction of sp³-hybridized carbons (Fsp3) is 0.250. The number of hydrogen-bond donors (Lipinski definition) is 1. The second kappa shape index (κ2) is 6.51. The van der Waals surface area contributed by atoms with E-state index in [9.17, 15) is 4.79 Å². The zero-order chi connectivity index (χ0) is 17.2. The summed E-state index contributed by atoms with van der Waals surface area (Å²) >= 11 is 0. The number of fused-ring (bicyclic) bond motifs is 3. The third-order valence-electron chi connectivity index (χ3n) is 4.64. The molecule has 25 heavy (non-hydrogen) atoms. The van der Waals surface area contributed by atoms with Crippen LogP contribution < -0.4 is 9.47 Å². The minimum Gasteiger partial charge on any atom is -0.497 e. The third kappa shape index (κ3) is 3.05.